The molecular formula is C12H77O64Si65. The van der Waals surface area contributed by atoms with Gasteiger partial charge in [-0.25, -0.2) is 0 Å². The van der Waals surface area contributed by atoms with Gasteiger partial charge in [-0.2, -0.15) is 0 Å². The molecule has 64 nitrogen and oxygen atoms in total. The summed E-state index contributed by atoms with van der Waals surface area (Å²) in [4.78, 5) is 556. The van der Waals surface area contributed by atoms with Crippen molar-refractivity contribution in [1.29, 1.82) is 0 Å². The molecule has 0 heterocycles. The summed E-state index contributed by atoms with van der Waals surface area (Å²) in [7, 11) is -192. The van der Waals surface area contributed by atoms with E-state index in [-0.39, 0.29) is 0 Å². The first kappa shape index (κ1) is 153. The molecule has 0 aromatic carbocycles. The van der Waals surface area contributed by atoms with Gasteiger partial charge in [0.1, 0.15) is 0 Å². The third-order valence-electron chi connectivity index (χ3n) is 18.3. The molecule has 141 heavy (non-hydrogen) atoms. The van der Waals surface area contributed by atoms with E-state index in [1.165, 1.54) is 19.6 Å². The van der Waals surface area contributed by atoms with Crippen LogP contribution in [0.15, 0.2) is 0 Å². The minimum Gasteiger partial charge on any atom is -0.439 e. The van der Waals surface area contributed by atoms with Gasteiger partial charge in [0, 0.05) is 7.11 Å². The van der Waals surface area contributed by atoms with Gasteiger partial charge >= 0.3 is 200 Å². The number of hydrogen-bond donors (Lipinski definition) is 41. The number of hydrogen-bond acceptors (Lipinski definition) is 64. The lowest BCUT2D eigenvalue weighted by molar-refractivity contribution is 0.288. The van der Waals surface area contributed by atoms with E-state index >= 15 is 0 Å². The zero-order valence-electron chi connectivity index (χ0n) is 72.2. The van der Waals surface area contributed by atoms with Gasteiger partial charge in [0.2, 0.25) is 227 Å². The number of rotatable bonds is 86. The third-order valence-corrected chi connectivity index (χ3v) is 545. The normalized spacial score (nSPS) is 16.6. The Bertz CT molecular complexity index is 3270. The molecule has 129 heteroatoms. The maximum absolute atomic E-state index is 14.8. The average molecular weight is 3070 g/mol. The summed E-state index contributed by atoms with van der Waals surface area (Å²) < 4.78 is 167. The Morgan fingerprint density at radius 3 is 0.589 bits per heavy atom. The maximum atomic E-state index is 14.8. The first-order valence-electron chi connectivity index (χ1n) is 34.8. The van der Waals surface area contributed by atoms with E-state index in [9.17, 15) is 201 Å². The van der Waals surface area contributed by atoms with Crippen LogP contribution in [0.4, 0.5) is 0 Å². The van der Waals surface area contributed by atoms with Crippen molar-refractivity contribution in [2.24, 2.45) is 0 Å². The summed E-state index contributed by atoms with van der Waals surface area (Å²) in [6.07, 6.45) is 0. The van der Waals surface area contributed by atoms with E-state index < -0.39 is 553 Å². The minimum absolute atomic E-state index is 0.537. The van der Waals surface area contributed by atoms with Crippen LogP contribution in [0.3, 0.4) is 0 Å². The fourth-order valence-electron chi connectivity index (χ4n) is 13.6. The third kappa shape index (κ3) is 29.4. The van der Waals surface area contributed by atoms with Gasteiger partial charge < -0.3 is 292 Å². The molecule has 0 bridgehead atoms. The molecule has 4 unspecified atom stereocenters. The second kappa shape index (κ2) is 65.7. The van der Waals surface area contributed by atoms with Crippen LogP contribution >= 0.6 is 0 Å². The van der Waals surface area contributed by atoms with Gasteiger partial charge in [0.25, 0.3) is 109 Å². The zero-order chi connectivity index (χ0) is 110. The second-order valence-corrected chi connectivity index (χ2v) is 313. The van der Waals surface area contributed by atoms with Crippen LogP contribution in [0.1, 0.15) is 0 Å². The predicted molar refractivity (Wildman–Crippen MR) is 560 cm³/mol. The van der Waals surface area contributed by atoms with Crippen LogP contribution in [0.5, 0.6) is 0 Å². The highest BCUT2D eigenvalue weighted by Crippen LogP contribution is 2.63. The fraction of sp³-hybridized carbons (Fsp3) is 1.00. The van der Waals surface area contributed by atoms with Crippen molar-refractivity contribution >= 4 is 562 Å². The maximum Gasteiger partial charge on any atom is 0.420 e. The van der Waals surface area contributed by atoms with Crippen molar-refractivity contribution in [3.63, 3.8) is 0 Å². The molecule has 79 radical (unpaired) electrons. The Morgan fingerprint density at radius 2 is 0.404 bits per heavy atom. The molecule has 0 aliphatic carbocycles. The van der Waals surface area contributed by atoms with E-state index in [0.29, 0.717) is 46.4 Å². The Morgan fingerprint density at radius 1 is 0.184 bits per heavy atom. The summed E-state index contributed by atoms with van der Waals surface area (Å²) >= 11 is 0. The lowest BCUT2D eigenvalue weighted by Gasteiger charge is -2.77. The molecule has 4 atom stereocenters. The van der Waals surface area contributed by atoms with Gasteiger partial charge in [-0.3, -0.25) is 0 Å². The first-order valence-corrected chi connectivity index (χ1v) is 166. The zero-order valence-corrected chi connectivity index (χ0v) is 137. The van der Waals surface area contributed by atoms with Crippen LogP contribution < -0.4 is 0 Å². The molecule has 0 rings (SSSR count). The lowest BCUT2D eigenvalue weighted by atomic mass is 11.8. The summed E-state index contributed by atoms with van der Waals surface area (Å²) in [5.41, 5.74) is 0. The molecule has 0 aromatic rings. The average Bonchev–Trinajstić information content (AvgIpc) is 0.610. The summed E-state index contributed by atoms with van der Waals surface area (Å²) in [5.74, 6) is 0. The van der Waals surface area contributed by atoms with Crippen LogP contribution in [-0.4, -0.2) is 766 Å². The van der Waals surface area contributed by atoms with E-state index in [2.05, 4.69) is 9.76 Å². The SMILES string of the molecule is CO[Si]([Si])([Si](C)(C)O)[Si](O[Si](C)(C)O)(O[Si]([Si](O[Si](C)(C)O[Si](C)(C)C)(O[Si](O[Si](O[Si]O)([Si]O)[Si]O)([Si](O[Si]O)([Si]O)[Si]O)[Si](O[Si]O)([Si]O)[Si]O)[Si](O[Si](O[Si]O)([Si]O)[Si]O)([Si](O[Si]O)([Si]O)[Si]O)[Si](O[Si]O)([Si]O)[Si]O)([Si](O[Si](O[Si]O)([Si]O)[Si]O)([Si](O[Si]O)([Si]O)[Si]O)[Si](O[Si]O)([Si]O)[Si]O)[Si](O[Si](O[Si]O)([Si]O)[Si]O)([Si](O[Si]O)([Si]O)[Si]O)[Si](O[Si]O)([Si]O)[Si]O)[Si](O[Si]O)([Si]O)[Si](C)(C)O. The summed E-state index contributed by atoms with van der Waals surface area (Å²) in [6.45, 7) is -108. The molecule has 0 saturated heterocycles. The highest BCUT2D eigenvalue weighted by Gasteiger charge is 3.10. The largest absolute Gasteiger partial charge is 0.439 e. The topological polar surface area (TPSA) is 1040 Å². The van der Waals surface area contributed by atoms with Crippen molar-refractivity contribution in [2.45, 2.75) is 72.0 Å². The quantitative estimate of drug-likeness (QED) is 0.0251. The van der Waals surface area contributed by atoms with Gasteiger partial charge in [0.05, 0.1) is 9.76 Å². The van der Waals surface area contributed by atoms with Gasteiger partial charge in [-0.15, -0.1) is 0 Å². The van der Waals surface area contributed by atoms with Crippen LogP contribution in [-0.2, 0) is 95.0 Å². The van der Waals surface area contributed by atoms with Gasteiger partial charge in [0.15, 0.2) is 16.2 Å². The monoisotopic (exact) mass is 3060 g/mol. The lowest BCUT2D eigenvalue weighted by Crippen LogP contribution is -3.22. The van der Waals surface area contributed by atoms with Crippen molar-refractivity contribution in [3.8, 4) is 0 Å². The van der Waals surface area contributed by atoms with Crippen LogP contribution in [0.2, 0.25) is 72.0 Å². The molecular weight excluding hydrogens is 2990 g/mol. The highest BCUT2D eigenvalue weighted by molar-refractivity contribution is 8.35. The molecule has 41 N–H and O–H groups in total. The van der Waals surface area contributed by atoms with Crippen LogP contribution in [0.25, 0.3) is 0 Å². The van der Waals surface area contributed by atoms with Crippen molar-refractivity contribution in [2.75, 3.05) is 7.11 Å². The fourth-order valence-corrected chi connectivity index (χ4v) is 969. The summed E-state index contributed by atoms with van der Waals surface area (Å²) in [6, 6.07) is 0. The van der Waals surface area contributed by atoms with Crippen LogP contribution in [0, 0.1) is 0 Å². The molecule has 769 valence electrons. The van der Waals surface area contributed by atoms with Gasteiger partial charge in [-0.1, -0.05) is 0 Å². The molecule has 0 aliphatic rings. The molecule has 0 spiro atoms. The molecule has 0 aromatic heterocycles. The Hall–Kier alpha value is 11.5. The Kier molecular flexibility index (Phi) is 71.1. The van der Waals surface area contributed by atoms with E-state index in [0.717, 1.165) is 13.1 Å². The standard InChI is InChI=1S/C12H77O64Si65/c1-54-128(77,118(7,8)52)125(69-117(5,6)51,137(115-50,67-90-25)119(9,10)53)76-139(140(133(107-42,108-43)63-86-21,134(109-44,110-45)64-87-22)73-123(95-30,96-31)57-80-15,141(135(111-46,112-47)65-88-23,136(113-48,114-49)66-89-24)74-124(97-32,98-33)58-81-16)127(70-120(11,12)68-116(2,3)4,138(131(103-38,104-39)61-84-19,132(105-40,106-41)62-85-20)72-122(93-28,94-29)56-79-14)75-126(129(99-34,100-35)59-82-17,130(101-36,102-37)60-83-18)71-121(91-26,92-27)55-78-13/h13-53H,1-12H3. The molecule has 0 fully saturated rings. The highest BCUT2D eigenvalue weighted by atomic mass is 30.6. The Balaban J connectivity index is 20.1. The van der Waals surface area contributed by atoms with E-state index in [1.54, 1.807) is 0 Å². The second-order valence-electron chi connectivity index (χ2n) is 28.4. The smallest absolute Gasteiger partial charge is 0.420 e. The Labute approximate surface area is 922 Å². The van der Waals surface area contributed by atoms with E-state index in [1.807, 2.05) is 0 Å². The van der Waals surface area contributed by atoms with E-state index in [4.69, 9.17) is 90.8 Å². The summed E-state index contributed by atoms with van der Waals surface area (Å²) in [5, 5.41) is 0. The van der Waals surface area contributed by atoms with Crippen molar-refractivity contribution in [1.82, 2.24) is 0 Å². The van der Waals surface area contributed by atoms with Crippen molar-refractivity contribution in [3.05, 3.63) is 0 Å². The molecule has 0 amide bonds. The first-order chi connectivity index (χ1) is 65.7. The minimum atomic E-state index is -10.7. The molecule has 0 aliphatic heterocycles. The van der Waals surface area contributed by atoms with Crippen molar-refractivity contribution < 1.29 is 292 Å². The molecule has 0 saturated carbocycles. The predicted octanol–water partition coefficient (Wildman–Crippen LogP) is -42.6. The van der Waals surface area contributed by atoms with Gasteiger partial charge in [-0.05, 0) is 72.0 Å².